The van der Waals surface area contributed by atoms with Crippen LogP contribution in [0.4, 0.5) is 0 Å². The summed E-state index contributed by atoms with van der Waals surface area (Å²) in [5.41, 5.74) is -0.131. The molecular formula is C45H76N2O7S. The Morgan fingerprint density at radius 3 is 2.07 bits per heavy atom. The van der Waals surface area contributed by atoms with Gasteiger partial charge in [0, 0.05) is 36.6 Å². The third kappa shape index (κ3) is 6.40. The molecular weight excluding hydrogens is 713 g/mol. The first-order chi connectivity index (χ1) is 25.5. The number of carboxylic acids is 1. The molecule has 1 heterocycles. The maximum atomic E-state index is 13.6. The van der Waals surface area contributed by atoms with E-state index in [1.807, 2.05) is 20.8 Å². The van der Waals surface area contributed by atoms with Crippen molar-refractivity contribution in [2.24, 2.45) is 74.4 Å². The minimum Gasteiger partial charge on any atom is -0.481 e. The van der Waals surface area contributed by atoms with Gasteiger partial charge in [0.25, 0.3) is 0 Å². The van der Waals surface area contributed by atoms with Gasteiger partial charge in [0.2, 0.25) is 0 Å². The second-order valence-corrected chi connectivity index (χ2v) is 24.8. The predicted octanol–water partition coefficient (Wildman–Crippen LogP) is 7.20. The number of hydrogen-bond donors (Lipinski definition) is 3. The highest BCUT2D eigenvalue weighted by molar-refractivity contribution is 7.91. The summed E-state index contributed by atoms with van der Waals surface area (Å²) in [5, 5.41) is 24.9. The average molecular weight is 789 g/mol. The summed E-state index contributed by atoms with van der Waals surface area (Å²) in [5.74, 6) is 2.01. The molecule has 0 amide bonds. The molecule has 1 aliphatic heterocycles. The number of aliphatic hydroxyl groups is 1. The quantitative estimate of drug-likeness (QED) is 0.208. The first-order valence-corrected chi connectivity index (χ1v) is 24.1. The lowest BCUT2D eigenvalue weighted by atomic mass is 9.32. The Bertz CT molecular complexity index is 1600. The number of sulfone groups is 1. The number of fused-ring (bicyclic) bond motifs is 7. The van der Waals surface area contributed by atoms with E-state index in [0.29, 0.717) is 61.6 Å². The molecule has 0 aromatic carbocycles. The summed E-state index contributed by atoms with van der Waals surface area (Å²) in [7, 11) is -2.99. The van der Waals surface area contributed by atoms with Crippen molar-refractivity contribution >= 4 is 21.8 Å². The van der Waals surface area contributed by atoms with Crippen LogP contribution in [-0.2, 0) is 24.2 Å². The van der Waals surface area contributed by atoms with Crippen LogP contribution in [0, 0.1) is 74.4 Å². The minimum absolute atomic E-state index is 0.0435. The number of carbonyl (C=O) groups is 2. The molecule has 0 bridgehead atoms. The molecule has 7 fully saturated rings. The van der Waals surface area contributed by atoms with Crippen molar-refractivity contribution in [1.29, 1.82) is 0 Å². The van der Waals surface area contributed by atoms with Gasteiger partial charge in [-0.3, -0.25) is 14.5 Å². The van der Waals surface area contributed by atoms with Gasteiger partial charge in [-0.25, -0.2) is 8.42 Å². The van der Waals surface area contributed by atoms with Crippen molar-refractivity contribution in [2.45, 2.75) is 164 Å². The molecule has 0 radical (unpaired) electrons. The molecule has 6 saturated carbocycles. The number of nitrogens with zero attached hydrogens (tertiary/aromatic N) is 1. The zero-order chi connectivity index (χ0) is 40.3. The first-order valence-electron chi connectivity index (χ1n) is 22.3. The van der Waals surface area contributed by atoms with E-state index in [0.717, 1.165) is 25.7 Å². The normalized spacial score (nSPS) is 46.9. The van der Waals surface area contributed by atoms with E-state index >= 15 is 0 Å². The zero-order valence-corrected chi connectivity index (χ0v) is 36.8. The molecule has 7 aliphatic rings. The molecule has 2 unspecified atom stereocenters. The highest BCUT2D eigenvalue weighted by atomic mass is 32.2. The second kappa shape index (κ2) is 13.9. The van der Waals surface area contributed by atoms with Gasteiger partial charge in [-0.15, -0.1) is 0 Å². The fourth-order valence-electron chi connectivity index (χ4n) is 15.8. The Balaban J connectivity index is 1.10. The van der Waals surface area contributed by atoms with E-state index in [2.05, 4.69) is 58.7 Å². The highest BCUT2D eigenvalue weighted by Crippen LogP contribution is 2.76. The number of aliphatic carboxylic acids is 1. The summed E-state index contributed by atoms with van der Waals surface area (Å²) in [6.07, 6.45) is 11.2. The van der Waals surface area contributed by atoms with Crippen molar-refractivity contribution in [2.75, 3.05) is 31.1 Å². The number of carbonyl (C=O) groups excluding carboxylic acids is 1. The maximum absolute atomic E-state index is 13.6. The SMILES string of the molecule is CC(O)C(CN[C@]12CC[C@@H](C(C)C)[C@@H]1[C@H]1CC[C@@H]3[C@@]4(C)CC[C@H](OC(=O)[C@H]5C[C@@H](C(=O)O)C5(C)C)C(C)(C)[C@@H]4CC[C@@]3(C)[C@]1(C)CC2)N1CCS(=O)(=O)CC1. The molecule has 314 valence electrons. The molecule has 14 atom stereocenters. The monoisotopic (exact) mass is 789 g/mol. The lowest BCUT2D eigenvalue weighted by Crippen LogP contribution is -2.69. The Labute approximate surface area is 333 Å². The molecule has 6 aliphatic carbocycles. The Morgan fingerprint density at radius 2 is 1.47 bits per heavy atom. The third-order valence-electron chi connectivity index (χ3n) is 19.5. The number of hydrogen-bond acceptors (Lipinski definition) is 8. The van der Waals surface area contributed by atoms with Crippen LogP contribution in [0.1, 0.15) is 140 Å². The van der Waals surface area contributed by atoms with Gasteiger partial charge < -0.3 is 20.3 Å². The van der Waals surface area contributed by atoms with E-state index in [9.17, 15) is 28.2 Å². The fourth-order valence-corrected chi connectivity index (χ4v) is 17.1. The smallest absolute Gasteiger partial charge is 0.309 e. The van der Waals surface area contributed by atoms with E-state index < -0.39 is 33.2 Å². The van der Waals surface area contributed by atoms with Crippen LogP contribution in [0.25, 0.3) is 0 Å². The van der Waals surface area contributed by atoms with E-state index in [1.165, 1.54) is 38.5 Å². The third-order valence-corrected chi connectivity index (χ3v) is 21.1. The van der Waals surface area contributed by atoms with Crippen LogP contribution in [0.2, 0.25) is 0 Å². The van der Waals surface area contributed by atoms with Gasteiger partial charge in [0.05, 0.1) is 29.4 Å². The summed E-state index contributed by atoms with van der Waals surface area (Å²) in [6, 6.07) is -0.0972. The Morgan fingerprint density at radius 1 is 0.800 bits per heavy atom. The number of esters is 1. The van der Waals surface area contributed by atoms with Gasteiger partial charge in [0.1, 0.15) is 6.10 Å². The molecule has 0 spiro atoms. The second-order valence-electron chi connectivity index (χ2n) is 22.5. The van der Waals surface area contributed by atoms with Crippen LogP contribution in [0.3, 0.4) is 0 Å². The van der Waals surface area contributed by atoms with Gasteiger partial charge in [-0.2, -0.15) is 0 Å². The highest BCUT2D eigenvalue weighted by Gasteiger charge is 2.71. The van der Waals surface area contributed by atoms with E-state index in [1.54, 1.807) is 0 Å². The van der Waals surface area contributed by atoms with Crippen LogP contribution < -0.4 is 5.32 Å². The van der Waals surface area contributed by atoms with Gasteiger partial charge >= 0.3 is 11.9 Å². The topological polar surface area (TPSA) is 133 Å². The predicted molar refractivity (Wildman–Crippen MR) is 216 cm³/mol. The molecule has 9 nitrogen and oxygen atoms in total. The molecule has 1 saturated heterocycles. The average Bonchev–Trinajstić information content (AvgIpc) is 3.46. The largest absolute Gasteiger partial charge is 0.481 e. The molecule has 0 aromatic heterocycles. The number of aliphatic hydroxyl groups excluding tert-OH is 1. The van der Waals surface area contributed by atoms with Crippen molar-refractivity contribution in [3.05, 3.63) is 0 Å². The van der Waals surface area contributed by atoms with Crippen LogP contribution in [0.15, 0.2) is 0 Å². The Hall–Kier alpha value is -1.23. The maximum Gasteiger partial charge on any atom is 0.309 e. The molecule has 55 heavy (non-hydrogen) atoms. The van der Waals surface area contributed by atoms with Gasteiger partial charge in [0.15, 0.2) is 9.84 Å². The molecule has 10 heteroatoms. The number of rotatable bonds is 9. The standard InChI is InChI=1S/C45H76N2O7S/c1-27(2)29-13-18-45(46-26-33(28(3)48)47-21-23-55(52,53)24-22-47)20-19-43(9)30(37(29)45)11-12-35-42(8)16-15-36(41(6,7)34(42)14-17-44(35,43)10)54-39(51)32-25-31(38(49)50)40(32,4)5/h27-37,46,48H,11-26H2,1-10H3,(H,49,50)/t28?,29-,30+,31-,32+,33?,34-,35+,36-,37+,42-,43+,44+,45-/m0/s1. The van der Waals surface area contributed by atoms with Crippen LogP contribution in [-0.4, -0.2) is 90.4 Å². The van der Waals surface area contributed by atoms with Crippen LogP contribution in [0.5, 0.6) is 0 Å². The first kappa shape index (κ1) is 41.9. The minimum atomic E-state index is -2.99. The van der Waals surface area contributed by atoms with E-state index in [4.69, 9.17) is 4.74 Å². The molecule has 3 N–H and O–H groups in total. The van der Waals surface area contributed by atoms with E-state index in [-0.39, 0.29) is 62.7 Å². The van der Waals surface area contributed by atoms with Crippen molar-refractivity contribution < 1.29 is 33.0 Å². The van der Waals surface area contributed by atoms with Gasteiger partial charge in [-0.1, -0.05) is 62.3 Å². The lowest BCUT2D eigenvalue weighted by Gasteiger charge is -2.73. The van der Waals surface area contributed by atoms with Crippen molar-refractivity contribution in [3.63, 3.8) is 0 Å². The molecule has 7 rings (SSSR count). The van der Waals surface area contributed by atoms with Crippen molar-refractivity contribution in [1.82, 2.24) is 10.2 Å². The fraction of sp³-hybridized carbons (Fsp3) is 0.956. The zero-order valence-electron chi connectivity index (χ0n) is 36.0. The number of nitrogens with one attached hydrogen (secondary N) is 1. The van der Waals surface area contributed by atoms with Crippen molar-refractivity contribution in [3.8, 4) is 0 Å². The summed E-state index contributed by atoms with van der Waals surface area (Å²) >= 11 is 0. The Kier molecular flexibility index (Phi) is 10.6. The lowest BCUT2D eigenvalue weighted by molar-refractivity contribution is -0.249. The number of ether oxygens (including phenoxy) is 1. The summed E-state index contributed by atoms with van der Waals surface area (Å²) in [4.78, 5) is 27.6. The number of carboxylic acid groups (broad SMARTS) is 1. The van der Waals surface area contributed by atoms with Crippen LogP contribution >= 0.6 is 0 Å². The van der Waals surface area contributed by atoms with Gasteiger partial charge in [-0.05, 0) is 135 Å². The summed E-state index contributed by atoms with van der Waals surface area (Å²) in [6.45, 7) is 24.9. The summed E-state index contributed by atoms with van der Waals surface area (Å²) < 4.78 is 31.0. The molecule has 0 aromatic rings.